The topological polar surface area (TPSA) is 66.5 Å². The minimum Gasteiger partial charge on any atom is -0.326 e. The Hall–Kier alpha value is -1.88. The highest BCUT2D eigenvalue weighted by molar-refractivity contribution is 6.30. The van der Waals surface area contributed by atoms with Crippen LogP contribution in [0, 0.1) is 10.8 Å². The van der Waals surface area contributed by atoms with Gasteiger partial charge in [-0.25, -0.2) is 0 Å². The Balaban J connectivity index is 2.45. The van der Waals surface area contributed by atoms with Crippen LogP contribution in [0.25, 0.3) is 0 Å². The van der Waals surface area contributed by atoms with E-state index < -0.39 is 11.5 Å². The number of rotatable bonds is 3. The van der Waals surface area contributed by atoms with Crippen molar-refractivity contribution in [2.75, 3.05) is 5.32 Å². The largest absolute Gasteiger partial charge is 0.326 e. The summed E-state index contributed by atoms with van der Waals surface area (Å²) in [4.78, 5) is 39.0. The molecule has 142 valence electrons. The van der Waals surface area contributed by atoms with Crippen molar-refractivity contribution in [3.05, 3.63) is 29.3 Å². The summed E-state index contributed by atoms with van der Waals surface area (Å²) in [5.41, 5.74) is -0.653. The number of anilines is 1. The molecule has 0 heterocycles. The zero-order valence-electron chi connectivity index (χ0n) is 16.1. The van der Waals surface area contributed by atoms with Gasteiger partial charge < -0.3 is 5.32 Å². The number of hydrogen-bond acceptors (Lipinski definition) is 3. The number of amides is 3. The molecule has 2 atom stereocenters. The second kappa shape index (κ2) is 7.39. The van der Waals surface area contributed by atoms with E-state index >= 15 is 0 Å². The van der Waals surface area contributed by atoms with E-state index in [-0.39, 0.29) is 23.1 Å². The normalized spacial score (nSPS) is 24.6. The number of hydrogen-bond donors (Lipinski definition) is 1. The highest BCUT2D eigenvalue weighted by Crippen LogP contribution is 2.49. The highest BCUT2D eigenvalue weighted by atomic mass is 35.5. The third-order valence-corrected chi connectivity index (χ3v) is 5.63. The molecule has 1 aliphatic carbocycles. The molecule has 1 saturated carbocycles. The van der Waals surface area contributed by atoms with Gasteiger partial charge in [0.1, 0.15) is 0 Å². The first-order valence-electron chi connectivity index (χ1n) is 8.86. The molecule has 3 amide bonds. The molecule has 0 bridgehead atoms. The zero-order chi connectivity index (χ0) is 19.7. The fourth-order valence-electron chi connectivity index (χ4n) is 4.34. The van der Waals surface area contributed by atoms with Gasteiger partial charge in [-0.05, 0) is 43.4 Å². The van der Waals surface area contributed by atoms with E-state index in [0.717, 1.165) is 12.8 Å². The second-order valence-electron chi connectivity index (χ2n) is 8.03. The molecule has 2 rings (SSSR count). The average molecular weight is 379 g/mol. The summed E-state index contributed by atoms with van der Waals surface area (Å²) in [6.45, 7) is 8.63. The summed E-state index contributed by atoms with van der Waals surface area (Å²) in [6, 6.07) is 6.43. The first-order valence-corrected chi connectivity index (χ1v) is 9.24. The Kier molecular flexibility index (Phi) is 5.81. The number of imide groups is 1. The van der Waals surface area contributed by atoms with Gasteiger partial charge in [-0.2, -0.15) is 0 Å². The van der Waals surface area contributed by atoms with Gasteiger partial charge >= 0.3 is 0 Å². The SMILES string of the molecule is CC(=O)N(C(C)=O)C1C(C)(C)CCCC1(C)C(=O)Nc1cccc(Cl)c1. The molecule has 26 heavy (non-hydrogen) atoms. The summed E-state index contributed by atoms with van der Waals surface area (Å²) >= 11 is 6.01. The Morgan fingerprint density at radius 3 is 2.27 bits per heavy atom. The molecule has 1 N–H and O–H groups in total. The van der Waals surface area contributed by atoms with Crippen LogP contribution in [0.2, 0.25) is 5.02 Å². The van der Waals surface area contributed by atoms with Crippen molar-refractivity contribution in [3.8, 4) is 0 Å². The minimum atomic E-state index is -0.887. The van der Waals surface area contributed by atoms with E-state index in [4.69, 9.17) is 11.6 Å². The number of benzene rings is 1. The lowest BCUT2D eigenvalue weighted by molar-refractivity contribution is -0.159. The van der Waals surface area contributed by atoms with E-state index in [1.165, 1.54) is 18.7 Å². The van der Waals surface area contributed by atoms with Crippen LogP contribution in [0.4, 0.5) is 5.69 Å². The molecule has 2 unspecified atom stereocenters. The van der Waals surface area contributed by atoms with Crippen molar-refractivity contribution in [2.24, 2.45) is 10.8 Å². The first kappa shape index (κ1) is 20.4. The summed E-state index contributed by atoms with van der Waals surface area (Å²) < 4.78 is 0. The maximum Gasteiger partial charge on any atom is 0.232 e. The quantitative estimate of drug-likeness (QED) is 0.854. The maximum absolute atomic E-state index is 13.2. The lowest BCUT2D eigenvalue weighted by atomic mass is 9.59. The van der Waals surface area contributed by atoms with E-state index in [2.05, 4.69) is 5.32 Å². The lowest BCUT2D eigenvalue weighted by Gasteiger charge is -2.53. The molecule has 1 aromatic carbocycles. The predicted molar refractivity (Wildman–Crippen MR) is 103 cm³/mol. The Morgan fingerprint density at radius 2 is 1.73 bits per heavy atom. The Bertz CT molecular complexity index is 718. The van der Waals surface area contributed by atoms with Gasteiger partial charge in [-0.1, -0.05) is 37.9 Å². The van der Waals surface area contributed by atoms with E-state index in [1.54, 1.807) is 24.3 Å². The number of nitrogens with one attached hydrogen (secondary N) is 1. The molecule has 0 aliphatic heterocycles. The molecule has 1 aromatic rings. The predicted octanol–water partition coefficient (Wildman–Crippen LogP) is 4.26. The number of halogens is 1. The van der Waals surface area contributed by atoms with Crippen LogP contribution in [0.1, 0.15) is 53.9 Å². The van der Waals surface area contributed by atoms with Gasteiger partial charge in [0, 0.05) is 24.6 Å². The van der Waals surface area contributed by atoms with Crippen molar-refractivity contribution in [1.29, 1.82) is 0 Å². The molecular formula is C20H27ClN2O3. The maximum atomic E-state index is 13.2. The first-order chi connectivity index (χ1) is 12.0. The summed E-state index contributed by atoms with van der Waals surface area (Å²) in [5, 5.41) is 3.45. The molecule has 1 aliphatic rings. The standard InChI is InChI=1S/C20H27ClN2O3/c1-13(24)23(14(2)25)17-19(3,4)10-7-11-20(17,5)18(26)22-16-9-6-8-15(21)12-16/h6,8-9,12,17H,7,10-11H2,1-5H3,(H,22,26). The van der Waals surface area contributed by atoms with Crippen molar-refractivity contribution in [1.82, 2.24) is 4.90 Å². The lowest BCUT2D eigenvalue weighted by Crippen LogP contribution is -2.63. The summed E-state index contributed by atoms with van der Waals surface area (Å²) in [6.07, 6.45) is 2.30. The average Bonchev–Trinajstić information content (AvgIpc) is 2.50. The van der Waals surface area contributed by atoms with Crippen LogP contribution in [0.3, 0.4) is 0 Å². The third kappa shape index (κ3) is 3.93. The fraction of sp³-hybridized carbons (Fsp3) is 0.550. The second-order valence-corrected chi connectivity index (χ2v) is 8.47. The number of nitrogens with zero attached hydrogens (tertiary/aromatic N) is 1. The summed E-state index contributed by atoms with van der Waals surface area (Å²) in [5.74, 6) is -0.872. The molecule has 1 fully saturated rings. The van der Waals surface area contributed by atoms with Crippen molar-refractivity contribution >= 4 is 35.0 Å². The zero-order valence-corrected chi connectivity index (χ0v) is 16.8. The van der Waals surface area contributed by atoms with Gasteiger partial charge in [0.2, 0.25) is 17.7 Å². The van der Waals surface area contributed by atoms with Gasteiger partial charge in [0.05, 0.1) is 11.5 Å². The van der Waals surface area contributed by atoms with E-state index in [1.807, 2.05) is 20.8 Å². The van der Waals surface area contributed by atoms with E-state index in [9.17, 15) is 14.4 Å². The molecule has 6 heteroatoms. The molecule has 0 spiro atoms. The van der Waals surface area contributed by atoms with Crippen molar-refractivity contribution in [2.45, 2.75) is 59.9 Å². The molecule has 5 nitrogen and oxygen atoms in total. The summed E-state index contributed by atoms with van der Waals surface area (Å²) in [7, 11) is 0. The molecule has 0 aromatic heterocycles. The number of carbonyl (C=O) groups is 3. The van der Waals surface area contributed by atoms with Crippen LogP contribution in [-0.2, 0) is 14.4 Å². The van der Waals surface area contributed by atoms with Crippen molar-refractivity contribution in [3.63, 3.8) is 0 Å². The van der Waals surface area contributed by atoms with Crippen LogP contribution in [-0.4, -0.2) is 28.7 Å². The van der Waals surface area contributed by atoms with Crippen LogP contribution >= 0.6 is 11.6 Å². The van der Waals surface area contributed by atoms with Gasteiger partial charge in [0.15, 0.2) is 0 Å². The van der Waals surface area contributed by atoms with Crippen molar-refractivity contribution < 1.29 is 14.4 Å². The Labute approximate surface area is 160 Å². The van der Waals surface area contributed by atoms with Gasteiger partial charge in [-0.3, -0.25) is 19.3 Å². The van der Waals surface area contributed by atoms with Crippen LogP contribution in [0.15, 0.2) is 24.3 Å². The van der Waals surface area contributed by atoms with Crippen LogP contribution < -0.4 is 5.32 Å². The highest BCUT2D eigenvalue weighted by Gasteiger charge is 2.55. The minimum absolute atomic E-state index is 0.204. The van der Waals surface area contributed by atoms with Gasteiger partial charge in [-0.15, -0.1) is 0 Å². The Morgan fingerprint density at radius 1 is 1.12 bits per heavy atom. The number of carbonyl (C=O) groups excluding carboxylic acids is 3. The molecule has 0 saturated heterocycles. The third-order valence-electron chi connectivity index (χ3n) is 5.40. The molecular weight excluding hydrogens is 352 g/mol. The molecule has 0 radical (unpaired) electrons. The van der Waals surface area contributed by atoms with E-state index in [0.29, 0.717) is 17.1 Å². The van der Waals surface area contributed by atoms with Gasteiger partial charge in [0.25, 0.3) is 0 Å². The fourth-order valence-corrected chi connectivity index (χ4v) is 4.53. The monoisotopic (exact) mass is 378 g/mol. The van der Waals surface area contributed by atoms with Crippen LogP contribution in [0.5, 0.6) is 0 Å². The smallest absolute Gasteiger partial charge is 0.232 e.